The van der Waals surface area contributed by atoms with E-state index in [0.29, 0.717) is 6.04 Å². The van der Waals surface area contributed by atoms with E-state index in [0.717, 1.165) is 11.6 Å². The Hall–Kier alpha value is -5.35. The highest BCUT2D eigenvalue weighted by Gasteiger charge is 2.25. The van der Waals surface area contributed by atoms with Gasteiger partial charge in [0, 0.05) is 43.9 Å². The molecule has 0 radical (unpaired) electrons. The second-order valence-corrected chi connectivity index (χ2v) is 12.6. The molecular weight excluding hydrogens is 548 g/mol. The number of fused-ring (bicyclic) bond motifs is 10. The smallest absolute Gasteiger partial charge is 0.140 e. The summed E-state index contributed by atoms with van der Waals surface area (Å²) >= 11 is 0. The zero-order valence-corrected chi connectivity index (χ0v) is 25.0. The molecule has 4 aromatic heterocycles. The summed E-state index contributed by atoms with van der Waals surface area (Å²) in [6, 6.07) is 46.8. The van der Waals surface area contributed by atoms with E-state index in [2.05, 4.69) is 141 Å². The molecule has 0 aliphatic heterocycles. The van der Waals surface area contributed by atoms with E-state index in [4.69, 9.17) is 4.98 Å². The summed E-state index contributed by atoms with van der Waals surface area (Å²) in [5, 5.41) is 7.70. The average molecular weight is 581 g/mol. The molecule has 1 saturated carbocycles. The number of hydrogen-bond donors (Lipinski definition) is 0. The van der Waals surface area contributed by atoms with E-state index < -0.39 is 0 Å². The summed E-state index contributed by atoms with van der Waals surface area (Å²) in [5.41, 5.74) is 7.46. The van der Waals surface area contributed by atoms with Crippen molar-refractivity contribution in [2.24, 2.45) is 0 Å². The fourth-order valence-electron chi connectivity index (χ4n) is 8.32. The van der Waals surface area contributed by atoms with Crippen LogP contribution in [0, 0.1) is 0 Å². The first kappa shape index (κ1) is 25.0. The van der Waals surface area contributed by atoms with Crippen LogP contribution in [0.1, 0.15) is 38.1 Å². The number of aromatic nitrogens is 4. The van der Waals surface area contributed by atoms with E-state index >= 15 is 0 Å². The second kappa shape index (κ2) is 9.57. The fourth-order valence-corrected chi connectivity index (χ4v) is 8.32. The molecule has 4 heterocycles. The topological polar surface area (TPSA) is 27.7 Å². The molecule has 1 aliphatic rings. The molecule has 10 rings (SSSR count). The van der Waals surface area contributed by atoms with Gasteiger partial charge in [0.1, 0.15) is 11.6 Å². The lowest BCUT2D eigenvalue weighted by Crippen LogP contribution is -2.13. The highest BCUT2D eigenvalue weighted by atomic mass is 15.1. The molecule has 0 N–H and O–H groups in total. The van der Waals surface area contributed by atoms with Gasteiger partial charge in [-0.3, -0.25) is 9.13 Å². The molecule has 0 bridgehead atoms. The third-order valence-corrected chi connectivity index (χ3v) is 10.2. The predicted octanol–water partition coefficient (Wildman–Crippen LogP) is 10.9. The minimum atomic E-state index is 0.495. The largest absolute Gasteiger partial charge is 0.336 e. The molecule has 4 nitrogen and oxygen atoms in total. The van der Waals surface area contributed by atoms with Crippen LogP contribution < -0.4 is 0 Å². The van der Waals surface area contributed by atoms with Gasteiger partial charge in [0.15, 0.2) is 0 Å². The van der Waals surface area contributed by atoms with Gasteiger partial charge >= 0.3 is 0 Å². The van der Waals surface area contributed by atoms with Crippen molar-refractivity contribution in [3.8, 4) is 11.6 Å². The molecule has 216 valence electrons. The summed E-state index contributed by atoms with van der Waals surface area (Å²) in [4.78, 5) is 5.48. The lowest BCUT2D eigenvalue weighted by Gasteiger charge is -2.25. The minimum Gasteiger partial charge on any atom is -0.336 e. The van der Waals surface area contributed by atoms with Gasteiger partial charge in [-0.15, -0.1) is 0 Å². The van der Waals surface area contributed by atoms with Crippen LogP contribution in [0.4, 0.5) is 0 Å². The van der Waals surface area contributed by atoms with Crippen molar-refractivity contribution in [1.82, 2.24) is 18.7 Å². The monoisotopic (exact) mass is 580 g/mol. The zero-order chi connectivity index (χ0) is 29.5. The highest BCUT2D eigenvalue weighted by Crippen LogP contribution is 2.43. The Kier molecular flexibility index (Phi) is 5.32. The summed E-state index contributed by atoms with van der Waals surface area (Å²) in [5.74, 6) is 1.87. The van der Waals surface area contributed by atoms with Gasteiger partial charge in [0.05, 0.1) is 27.6 Å². The molecule has 0 spiro atoms. The van der Waals surface area contributed by atoms with Crippen molar-refractivity contribution >= 4 is 65.4 Å². The van der Waals surface area contributed by atoms with Crippen LogP contribution in [0.25, 0.3) is 77.1 Å². The van der Waals surface area contributed by atoms with Gasteiger partial charge in [0.2, 0.25) is 0 Å². The summed E-state index contributed by atoms with van der Waals surface area (Å²) in [6.07, 6.45) is 6.38. The summed E-state index contributed by atoms with van der Waals surface area (Å²) < 4.78 is 7.44. The van der Waals surface area contributed by atoms with Crippen molar-refractivity contribution in [3.63, 3.8) is 0 Å². The maximum absolute atomic E-state index is 5.48. The zero-order valence-electron chi connectivity index (χ0n) is 25.0. The Morgan fingerprint density at radius 2 is 0.867 bits per heavy atom. The normalized spacial score (nSPS) is 14.6. The molecule has 1 fully saturated rings. The molecule has 1 aliphatic carbocycles. The van der Waals surface area contributed by atoms with Crippen LogP contribution in [0.2, 0.25) is 0 Å². The minimum absolute atomic E-state index is 0.495. The first-order valence-corrected chi connectivity index (χ1v) is 16.3. The van der Waals surface area contributed by atoms with E-state index in [9.17, 15) is 0 Å². The average Bonchev–Trinajstić information content (AvgIpc) is 3.75. The van der Waals surface area contributed by atoms with E-state index in [1.165, 1.54) is 97.5 Å². The molecule has 0 unspecified atom stereocenters. The van der Waals surface area contributed by atoms with Crippen molar-refractivity contribution in [2.45, 2.75) is 38.1 Å². The maximum atomic E-state index is 5.48. The highest BCUT2D eigenvalue weighted by molar-refractivity contribution is 6.23. The van der Waals surface area contributed by atoms with Crippen molar-refractivity contribution in [3.05, 3.63) is 127 Å². The Bertz CT molecular complexity index is 2540. The van der Waals surface area contributed by atoms with Crippen LogP contribution >= 0.6 is 0 Å². The Labute approximate surface area is 260 Å². The quantitative estimate of drug-likeness (QED) is 0.204. The van der Waals surface area contributed by atoms with Crippen molar-refractivity contribution < 1.29 is 0 Å². The summed E-state index contributed by atoms with van der Waals surface area (Å²) in [7, 11) is 0. The summed E-state index contributed by atoms with van der Waals surface area (Å²) in [6.45, 7) is 0. The number of benzene rings is 5. The molecule has 9 aromatic rings. The first-order chi connectivity index (χ1) is 22.4. The Morgan fingerprint density at radius 3 is 1.49 bits per heavy atom. The van der Waals surface area contributed by atoms with Gasteiger partial charge < -0.3 is 4.57 Å². The van der Waals surface area contributed by atoms with E-state index in [1.807, 2.05) is 0 Å². The number of nitrogens with zero attached hydrogens (tertiary/aromatic N) is 4. The number of rotatable bonds is 3. The molecular formula is C41H32N4. The van der Waals surface area contributed by atoms with Crippen molar-refractivity contribution in [1.29, 1.82) is 0 Å². The third-order valence-electron chi connectivity index (χ3n) is 10.2. The Morgan fingerprint density at radius 1 is 0.400 bits per heavy atom. The first-order valence-electron chi connectivity index (χ1n) is 16.3. The number of hydrogen-bond acceptors (Lipinski definition) is 1. The third kappa shape index (κ3) is 3.51. The molecule has 0 saturated heterocycles. The lowest BCUT2D eigenvalue weighted by atomic mass is 9.95. The molecule has 5 aromatic carbocycles. The standard InChI is InChI=1S/C41H32N4/c1-2-13-27(14-3-1)43-34-19-8-6-17-30(34)32-25-26-33-31-18-7-11-22-37(31)45(41(33)40(32)43)39-24-12-23-38(42-39)44-35-20-9-4-15-28(35)29-16-5-10-21-36(29)44/h4-12,15-27H,1-3,13-14H2. The van der Waals surface area contributed by atoms with Gasteiger partial charge in [-0.2, -0.15) is 0 Å². The van der Waals surface area contributed by atoms with Gasteiger partial charge in [-0.1, -0.05) is 110 Å². The molecule has 4 heteroatoms. The SMILES string of the molecule is c1cc(-n2c3ccccc3c3ccccc32)nc(-n2c3ccccc3c3ccc4c5ccccc5n(C5CCCCC5)c4c32)c1. The van der Waals surface area contributed by atoms with E-state index in [-0.39, 0.29) is 0 Å². The van der Waals surface area contributed by atoms with Crippen LogP contribution in [0.3, 0.4) is 0 Å². The van der Waals surface area contributed by atoms with Crippen LogP contribution in [0.5, 0.6) is 0 Å². The van der Waals surface area contributed by atoms with Crippen molar-refractivity contribution in [2.75, 3.05) is 0 Å². The maximum Gasteiger partial charge on any atom is 0.140 e. The van der Waals surface area contributed by atoms with Gasteiger partial charge in [-0.25, -0.2) is 4.98 Å². The number of pyridine rings is 1. The van der Waals surface area contributed by atoms with Crippen LogP contribution in [-0.4, -0.2) is 18.7 Å². The Balaban J connectivity index is 1.33. The second-order valence-electron chi connectivity index (χ2n) is 12.6. The molecule has 0 atom stereocenters. The van der Waals surface area contributed by atoms with Crippen LogP contribution in [0.15, 0.2) is 127 Å². The lowest BCUT2D eigenvalue weighted by molar-refractivity contribution is 0.367. The van der Waals surface area contributed by atoms with Gasteiger partial charge in [0.25, 0.3) is 0 Å². The van der Waals surface area contributed by atoms with Crippen LogP contribution in [-0.2, 0) is 0 Å². The number of para-hydroxylation sites is 4. The predicted molar refractivity (Wildman–Crippen MR) is 188 cm³/mol. The van der Waals surface area contributed by atoms with Gasteiger partial charge in [-0.05, 0) is 49.2 Å². The molecule has 0 amide bonds. The molecule has 45 heavy (non-hydrogen) atoms. The fraction of sp³-hybridized carbons (Fsp3) is 0.146. The van der Waals surface area contributed by atoms with E-state index in [1.54, 1.807) is 0 Å².